The normalized spacial score (nSPS) is 20.2. The van der Waals surface area contributed by atoms with Crippen LogP contribution in [0.25, 0.3) is 28.2 Å². The van der Waals surface area contributed by atoms with Crippen LogP contribution in [-0.4, -0.2) is 68.4 Å². The number of pyridine rings is 2. The number of rotatable bonds is 5. The molecule has 12 heteroatoms. The van der Waals surface area contributed by atoms with Crippen LogP contribution in [0.1, 0.15) is 65.2 Å². The van der Waals surface area contributed by atoms with Gasteiger partial charge in [0.1, 0.15) is 12.1 Å². The molecule has 0 radical (unpaired) electrons. The van der Waals surface area contributed by atoms with Crippen LogP contribution in [0.5, 0.6) is 0 Å². The van der Waals surface area contributed by atoms with Crippen molar-refractivity contribution in [1.82, 2.24) is 44.6 Å². The van der Waals surface area contributed by atoms with Gasteiger partial charge in [0.2, 0.25) is 5.82 Å². The lowest BCUT2D eigenvalue weighted by molar-refractivity contribution is 0.0556. The van der Waals surface area contributed by atoms with E-state index in [2.05, 4.69) is 30.2 Å². The Morgan fingerprint density at radius 1 is 1.00 bits per heavy atom. The van der Waals surface area contributed by atoms with Gasteiger partial charge in [-0.2, -0.15) is 14.7 Å². The molecule has 12 nitrogen and oxygen atoms in total. The number of fused-ring (bicyclic) bond motifs is 3. The Kier molecular flexibility index (Phi) is 5.61. The molecule has 0 spiro atoms. The number of piperidine rings is 1. The van der Waals surface area contributed by atoms with Crippen molar-refractivity contribution >= 4 is 23.2 Å². The van der Waals surface area contributed by atoms with Gasteiger partial charge in [-0.3, -0.25) is 24.7 Å². The summed E-state index contributed by atoms with van der Waals surface area (Å²) in [5.41, 5.74) is 11.3. The molecule has 1 unspecified atom stereocenters. The molecule has 2 aliphatic heterocycles. The predicted molar refractivity (Wildman–Crippen MR) is 145 cm³/mol. The Morgan fingerprint density at radius 3 is 2.45 bits per heavy atom. The Morgan fingerprint density at radius 2 is 1.80 bits per heavy atom. The van der Waals surface area contributed by atoms with Crippen molar-refractivity contribution in [3.05, 3.63) is 72.3 Å². The number of hydrogen-bond donors (Lipinski definition) is 2. The summed E-state index contributed by atoms with van der Waals surface area (Å²) in [6.07, 6.45) is 9.69. The first-order valence-corrected chi connectivity index (χ1v) is 13.2. The van der Waals surface area contributed by atoms with E-state index in [0.29, 0.717) is 29.7 Å². The molecular formula is C28H26N10O2. The SMILES string of the molecule is CC(=O)c1c(C2C[C@H]3CC[C@@H](C2)N3C(=O)c2ncn[nH]2)nc2c(-c3ccc(-c4ccccn4)nc3)cnn2c1N. The molecule has 200 valence electrons. The van der Waals surface area contributed by atoms with Gasteiger partial charge in [-0.25, -0.2) is 9.97 Å². The Hall–Kier alpha value is -5.00. The molecule has 3 atom stereocenters. The molecule has 1 amide bonds. The zero-order valence-electron chi connectivity index (χ0n) is 21.7. The maximum absolute atomic E-state index is 13.1. The number of aromatic amines is 1. The van der Waals surface area contributed by atoms with Crippen molar-refractivity contribution < 1.29 is 9.59 Å². The summed E-state index contributed by atoms with van der Waals surface area (Å²) in [6.45, 7) is 1.50. The fourth-order valence-electron chi connectivity index (χ4n) is 6.27. The number of nitrogens with one attached hydrogen (secondary N) is 1. The van der Waals surface area contributed by atoms with Crippen molar-refractivity contribution in [2.24, 2.45) is 0 Å². The first-order chi connectivity index (χ1) is 19.5. The third-order valence-electron chi connectivity index (χ3n) is 8.04. The number of carbonyl (C=O) groups excluding carboxylic acids is 2. The Labute approximate surface area is 228 Å². The number of amides is 1. The van der Waals surface area contributed by atoms with Crippen LogP contribution >= 0.6 is 0 Å². The van der Waals surface area contributed by atoms with Crippen molar-refractivity contribution in [1.29, 1.82) is 0 Å². The Bertz CT molecular complexity index is 1720. The average molecular weight is 535 g/mol. The van der Waals surface area contributed by atoms with Crippen LogP contribution in [0, 0.1) is 0 Å². The molecule has 2 bridgehead atoms. The molecule has 0 saturated carbocycles. The van der Waals surface area contributed by atoms with Crippen LogP contribution in [-0.2, 0) is 0 Å². The minimum Gasteiger partial charge on any atom is -0.383 e. The van der Waals surface area contributed by atoms with Crippen LogP contribution in [0.3, 0.4) is 0 Å². The van der Waals surface area contributed by atoms with E-state index in [1.54, 1.807) is 18.6 Å². The minimum atomic E-state index is -0.159. The van der Waals surface area contributed by atoms with Gasteiger partial charge in [0.25, 0.3) is 5.91 Å². The molecule has 2 saturated heterocycles. The van der Waals surface area contributed by atoms with Gasteiger partial charge in [0.05, 0.1) is 28.8 Å². The number of nitrogens with zero attached hydrogens (tertiary/aromatic N) is 8. The number of aromatic nitrogens is 8. The highest BCUT2D eigenvalue weighted by molar-refractivity contribution is 6.00. The molecule has 2 fully saturated rings. The quantitative estimate of drug-likeness (QED) is 0.322. The number of Topliss-reactive ketones (excluding diaryl/α,β-unsaturated/α-hetero) is 1. The molecule has 2 aliphatic rings. The van der Waals surface area contributed by atoms with Crippen molar-refractivity contribution in [3.8, 4) is 22.5 Å². The maximum atomic E-state index is 13.1. The largest absolute Gasteiger partial charge is 0.383 e. The zero-order valence-corrected chi connectivity index (χ0v) is 21.7. The molecule has 3 N–H and O–H groups in total. The van der Waals surface area contributed by atoms with E-state index in [1.165, 1.54) is 17.8 Å². The number of ketones is 1. The van der Waals surface area contributed by atoms with E-state index in [-0.39, 0.29) is 41.3 Å². The van der Waals surface area contributed by atoms with Gasteiger partial charge in [-0.1, -0.05) is 12.1 Å². The number of nitrogens with two attached hydrogens (primary N) is 1. The summed E-state index contributed by atoms with van der Waals surface area (Å²) in [4.78, 5) is 46.0. The molecule has 5 aromatic rings. The molecule has 0 aliphatic carbocycles. The molecular weight excluding hydrogens is 508 g/mol. The summed E-state index contributed by atoms with van der Waals surface area (Å²) in [7, 11) is 0. The lowest BCUT2D eigenvalue weighted by atomic mass is 9.85. The number of carbonyl (C=O) groups is 2. The van der Waals surface area contributed by atoms with E-state index >= 15 is 0 Å². The lowest BCUT2D eigenvalue weighted by Gasteiger charge is -2.38. The summed E-state index contributed by atoms with van der Waals surface area (Å²) in [5.74, 6) is 0.181. The van der Waals surface area contributed by atoms with Crippen LogP contribution < -0.4 is 5.73 Å². The van der Waals surface area contributed by atoms with Gasteiger partial charge in [0.15, 0.2) is 11.4 Å². The van der Waals surface area contributed by atoms with E-state index in [0.717, 1.165) is 35.4 Å². The summed E-state index contributed by atoms with van der Waals surface area (Å²) in [5, 5.41) is 11.0. The second-order valence-electron chi connectivity index (χ2n) is 10.4. The highest BCUT2D eigenvalue weighted by atomic mass is 16.2. The predicted octanol–water partition coefficient (Wildman–Crippen LogP) is 3.31. The fourth-order valence-corrected chi connectivity index (χ4v) is 6.27. The smallest absolute Gasteiger partial charge is 0.291 e. The number of hydrogen-bond acceptors (Lipinski definition) is 9. The number of H-pyrrole nitrogens is 1. The van der Waals surface area contributed by atoms with Crippen LogP contribution in [0.2, 0.25) is 0 Å². The molecule has 7 heterocycles. The summed E-state index contributed by atoms with van der Waals surface area (Å²) >= 11 is 0. The third kappa shape index (κ3) is 3.82. The monoisotopic (exact) mass is 534 g/mol. The summed E-state index contributed by atoms with van der Waals surface area (Å²) < 4.78 is 1.53. The van der Waals surface area contributed by atoms with Gasteiger partial charge < -0.3 is 10.6 Å². The van der Waals surface area contributed by atoms with Gasteiger partial charge in [-0.05, 0) is 50.8 Å². The molecule has 5 aromatic heterocycles. The Balaban J connectivity index is 1.26. The standard InChI is InChI=1S/C28H26N10O2/c1-15(39)23-24(17-10-18-6-7-19(11-17)37(18)28(40)26-32-14-33-36-26)35-27-20(13-34-38(27)25(23)29)16-5-8-22(31-12-16)21-4-2-3-9-30-21/h2-5,8-9,12-14,17-19H,6-7,10-11,29H2,1H3,(H,32,33,36)/t17?,18-,19+. The van der Waals surface area contributed by atoms with Crippen LogP contribution in [0.4, 0.5) is 5.82 Å². The fraction of sp³-hybridized carbons (Fsp3) is 0.286. The first-order valence-electron chi connectivity index (χ1n) is 13.2. The molecule has 0 aromatic carbocycles. The highest BCUT2D eigenvalue weighted by Gasteiger charge is 2.45. The van der Waals surface area contributed by atoms with Crippen LogP contribution in [0.15, 0.2) is 55.2 Å². The van der Waals surface area contributed by atoms with E-state index < -0.39 is 0 Å². The second-order valence-corrected chi connectivity index (χ2v) is 10.4. The topological polar surface area (TPSA) is 161 Å². The zero-order chi connectivity index (χ0) is 27.4. The maximum Gasteiger partial charge on any atom is 0.291 e. The van der Waals surface area contributed by atoms with E-state index in [1.807, 2.05) is 35.2 Å². The highest BCUT2D eigenvalue weighted by Crippen LogP contribution is 2.45. The average Bonchev–Trinajstić information content (AvgIpc) is 3.71. The van der Waals surface area contributed by atoms with Gasteiger partial charge in [-0.15, -0.1) is 0 Å². The molecule has 7 rings (SSSR count). The van der Waals surface area contributed by atoms with Gasteiger partial charge in [0, 0.05) is 41.5 Å². The van der Waals surface area contributed by atoms with Gasteiger partial charge >= 0.3 is 0 Å². The van der Waals surface area contributed by atoms with Crippen molar-refractivity contribution in [3.63, 3.8) is 0 Å². The van der Waals surface area contributed by atoms with Crippen molar-refractivity contribution in [2.45, 2.75) is 50.6 Å². The summed E-state index contributed by atoms with van der Waals surface area (Å²) in [6, 6.07) is 9.61. The number of anilines is 1. The van der Waals surface area contributed by atoms with Crippen molar-refractivity contribution in [2.75, 3.05) is 5.73 Å². The molecule has 40 heavy (non-hydrogen) atoms. The first kappa shape index (κ1) is 24.1. The lowest BCUT2D eigenvalue weighted by Crippen LogP contribution is -2.46. The van der Waals surface area contributed by atoms with E-state index in [9.17, 15) is 9.59 Å². The second kappa shape index (κ2) is 9.33. The number of nitrogen functional groups attached to an aromatic ring is 1. The third-order valence-corrected chi connectivity index (χ3v) is 8.04. The minimum absolute atomic E-state index is 0.0214. The van der Waals surface area contributed by atoms with E-state index in [4.69, 9.17) is 10.7 Å².